The van der Waals surface area contributed by atoms with Crippen molar-refractivity contribution in [1.82, 2.24) is 0 Å². The van der Waals surface area contributed by atoms with E-state index in [0.29, 0.717) is 0 Å². The summed E-state index contributed by atoms with van der Waals surface area (Å²) in [5.41, 5.74) is 0. The standard InChI is InChI=1S/C6H10O2S/c7-5(1-2-5)9-6(8)3-4-6/h7-8H,1-4H2. The smallest absolute Gasteiger partial charge is 0.113 e. The van der Waals surface area contributed by atoms with Gasteiger partial charge in [-0.05, 0) is 25.7 Å². The molecule has 0 saturated heterocycles. The third kappa shape index (κ3) is 1.23. The second-order valence-corrected chi connectivity index (χ2v) is 4.72. The third-order valence-corrected chi connectivity index (χ3v) is 3.31. The zero-order chi connectivity index (χ0) is 6.54. The van der Waals surface area contributed by atoms with Crippen molar-refractivity contribution in [2.24, 2.45) is 0 Å². The van der Waals surface area contributed by atoms with Crippen LogP contribution in [0.2, 0.25) is 0 Å². The lowest BCUT2D eigenvalue weighted by Gasteiger charge is -2.10. The molecule has 0 amide bonds. The highest BCUT2D eigenvalue weighted by Crippen LogP contribution is 2.58. The minimum Gasteiger partial charge on any atom is -0.379 e. The highest BCUT2D eigenvalue weighted by atomic mass is 32.2. The summed E-state index contributed by atoms with van der Waals surface area (Å²) in [6.45, 7) is 0. The molecule has 0 aliphatic heterocycles. The van der Waals surface area contributed by atoms with Gasteiger partial charge in [-0.15, -0.1) is 0 Å². The first-order valence-electron chi connectivity index (χ1n) is 3.27. The van der Waals surface area contributed by atoms with Gasteiger partial charge in [-0.25, -0.2) is 0 Å². The molecule has 2 aliphatic carbocycles. The van der Waals surface area contributed by atoms with E-state index in [4.69, 9.17) is 0 Å². The number of rotatable bonds is 2. The second-order valence-electron chi connectivity index (χ2n) is 2.99. The highest BCUT2D eigenvalue weighted by molar-refractivity contribution is 8.02. The Morgan fingerprint density at radius 2 is 1.22 bits per heavy atom. The van der Waals surface area contributed by atoms with Gasteiger partial charge >= 0.3 is 0 Å². The topological polar surface area (TPSA) is 40.5 Å². The number of aliphatic hydroxyl groups is 2. The van der Waals surface area contributed by atoms with Gasteiger partial charge in [0.15, 0.2) is 0 Å². The van der Waals surface area contributed by atoms with E-state index < -0.39 is 9.87 Å². The molecule has 0 unspecified atom stereocenters. The fourth-order valence-corrected chi connectivity index (χ4v) is 2.09. The third-order valence-electron chi connectivity index (χ3n) is 1.74. The van der Waals surface area contributed by atoms with Crippen molar-refractivity contribution in [3.05, 3.63) is 0 Å². The molecule has 0 atom stereocenters. The molecule has 0 radical (unpaired) electrons. The molecule has 0 spiro atoms. The Morgan fingerprint density at radius 1 is 0.889 bits per heavy atom. The van der Waals surface area contributed by atoms with Crippen LogP contribution in [0.15, 0.2) is 0 Å². The van der Waals surface area contributed by atoms with Crippen LogP contribution in [0.1, 0.15) is 25.7 Å². The first-order chi connectivity index (χ1) is 4.12. The molecule has 0 aromatic rings. The second kappa shape index (κ2) is 1.47. The Hall–Kier alpha value is 0.270. The molecule has 2 aliphatic rings. The molecule has 2 fully saturated rings. The monoisotopic (exact) mass is 146 g/mol. The zero-order valence-corrected chi connectivity index (χ0v) is 5.95. The summed E-state index contributed by atoms with van der Waals surface area (Å²) in [5, 5.41) is 18.6. The van der Waals surface area contributed by atoms with E-state index in [1.807, 2.05) is 0 Å². The lowest BCUT2D eigenvalue weighted by molar-refractivity contribution is 0.215. The predicted molar refractivity (Wildman–Crippen MR) is 36.0 cm³/mol. The molecule has 0 aromatic carbocycles. The van der Waals surface area contributed by atoms with Crippen molar-refractivity contribution in [1.29, 1.82) is 0 Å². The Morgan fingerprint density at radius 3 is 1.44 bits per heavy atom. The van der Waals surface area contributed by atoms with E-state index in [9.17, 15) is 10.2 Å². The maximum atomic E-state index is 9.31. The largest absolute Gasteiger partial charge is 0.379 e. The van der Waals surface area contributed by atoms with E-state index in [-0.39, 0.29) is 0 Å². The molecular weight excluding hydrogens is 136 g/mol. The van der Waals surface area contributed by atoms with E-state index in [1.54, 1.807) is 0 Å². The minimum atomic E-state index is -0.536. The summed E-state index contributed by atoms with van der Waals surface area (Å²) in [6, 6.07) is 0. The molecule has 0 aromatic heterocycles. The summed E-state index contributed by atoms with van der Waals surface area (Å²) in [6.07, 6.45) is 3.44. The predicted octanol–water partition coefficient (Wildman–Crippen LogP) is 0.684. The van der Waals surface area contributed by atoms with Crippen molar-refractivity contribution in [2.45, 2.75) is 35.5 Å². The molecule has 3 heteroatoms. The van der Waals surface area contributed by atoms with Crippen LogP contribution < -0.4 is 0 Å². The lowest BCUT2D eigenvalue weighted by Crippen LogP contribution is -2.10. The van der Waals surface area contributed by atoms with Crippen molar-refractivity contribution in [3.63, 3.8) is 0 Å². The minimum absolute atomic E-state index is 0.536. The zero-order valence-electron chi connectivity index (χ0n) is 5.13. The summed E-state index contributed by atoms with van der Waals surface area (Å²) >= 11 is 1.35. The lowest BCUT2D eigenvalue weighted by atomic mass is 10.8. The van der Waals surface area contributed by atoms with E-state index >= 15 is 0 Å². The summed E-state index contributed by atoms with van der Waals surface area (Å²) in [7, 11) is 0. The molecule has 9 heavy (non-hydrogen) atoms. The molecule has 2 N–H and O–H groups in total. The van der Waals surface area contributed by atoms with Gasteiger partial charge in [0.25, 0.3) is 0 Å². The SMILES string of the molecule is OC1(SC2(O)CC2)CC1. The molecule has 0 bridgehead atoms. The molecular formula is C6H10O2S. The first kappa shape index (κ1) is 6.01. The summed E-state index contributed by atoms with van der Waals surface area (Å²) < 4.78 is 0. The Balaban J connectivity index is 1.90. The van der Waals surface area contributed by atoms with Crippen LogP contribution in [0.3, 0.4) is 0 Å². The summed E-state index contributed by atoms with van der Waals surface area (Å²) in [5.74, 6) is 0. The number of hydrogen-bond acceptors (Lipinski definition) is 3. The maximum absolute atomic E-state index is 9.31. The van der Waals surface area contributed by atoms with Gasteiger partial charge in [0.1, 0.15) is 9.87 Å². The van der Waals surface area contributed by atoms with Crippen LogP contribution >= 0.6 is 11.8 Å². The van der Waals surface area contributed by atoms with Crippen molar-refractivity contribution in [2.75, 3.05) is 0 Å². The van der Waals surface area contributed by atoms with Gasteiger partial charge in [-0.3, -0.25) is 0 Å². The fourth-order valence-electron chi connectivity index (χ4n) is 0.772. The fraction of sp³-hybridized carbons (Fsp3) is 1.00. The van der Waals surface area contributed by atoms with Gasteiger partial charge in [0.2, 0.25) is 0 Å². The number of hydrogen-bond donors (Lipinski definition) is 2. The summed E-state index contributed by atoms with van der Waals surface area (Å²) in [4.78, 5) is -1.07. The van der Waals surface area contributed by atoms with E-state index in [0.717, 1.165) is 25.7 Å². The Bertz CT molecular complexity index is 122. The van der Waals surface area contributed by atoms with Crippen LogP contribution in [0.4, 0.5) is 0 Å². The highest BCUT2D eigenvalue weighted by Gasteiger charge is 2.53. The molecule has 0 heterocycles. The van der Waals surface area contributed by atoms with Gasteiger partial charge in [-0.2, -0.15) is 0 Å². The van der Waals surface area contributed by atoms with Crippen molar-refractivity contribution < 1.29 is 10.2 Å². The van der Waals surface area contributed by atoms with Crippen LogP contribution in [-0.4, -0.2) is 20.1 Å². The average Bonchev–Trinajstić information content (AvgIpc) is 2.55. The molecule has 2 nitrogen and oxygen atoms in total. The van der Waals surface area contributed by atoms with Gasteiger partial charge in [-0.1, -0.05) is 11.8 Å². The average molecular weight is 146 g/mol. The van der Waals surface area contributed by atoms with Gasteiger partial charge < -0.3 is 10.2 Å². The molecule has 2 rings (SSSR count). The van der Waals surface area contributed by atoms with Gasteiger partial charge in [0.05, 0.1) is 0 Å². The van der Waals surface area contributed by atoms with Crippen molar-refractivity contribution >= 4 is 11.8 Å². The van der Waals surface area contributed by atoms with Crippen LogP contribution in [0.25, 0.3) is 0 Å². The van der Waals surface area contributed by atoms with Crippen molar-refractivity contribution in [3.8, 4) is 0 Å². The Kier molecular flexibility index (Phi) is 0.979. The van der Waals surface area contributed by atoms with Crippen LogP contribution in [0.5, 0.6) is 0 Å². The maximum Gasteiger partial charge on any atom is 0.113 e. The Labute approximate surface area is 58.3 Å². The van der Waals surface area contributed by atoms with Gasteiger partial charge in [0, 0.05) is 0 Å². The van der Waals surface area contributed by atoms with E-state index in [1.165, 1.54) is 11.8 Å². The molecule has 52 valence electrons. The number of thioether (sulfide) groups is 1. The van der Waals surface area contributed by atoms with E-state index in [2.05, 4.69) is 0 Å². The van der Waals surface area contributed by atoms with Crippen LogP contribution in [-0.2, 0) is 0 Å². The van der Waals surface area contributed by atoms with Crippen LogP contribution in [0, 0.1) is 0 Å². The first-order valence-corrected chi connectivity index (χ1v) is 4.09. The molecule has 2 saturated carbocycles. The quantitative estimate of drug-likeness (QED) is 0.563. The normalized spacial score (nSPS) is 34.0.